The van der Waals surface area contributed by atoms with Gasteiger partial charge in [0, 0.05) is 29.4 Å². The van der Waals surface area contributed by atoms with Crippen LogP contribution in [0.2, 0.25) is 5.02 Å². The maximum Gasteiger partial charge on any atom is 0.201 e. The maximum absolute atomic E-state index is 10.7. The van der Waals surface area contributed by atoms with Crippen LogP contribution in [0.15, 0.2) is 30.3 Å². The van der Waals surface area contributed by atoms with Crippen LogP contribution in [0, 0.1) is 4.64 Å². The molecule has 0 unspecified atom stereocenters. The molecule has 0 aliphatic rings. The summed E-state index contributed by atoms with van der Waals surface area (Å²) in [5.74, 6) is 0.507. The smallest absolute Gasteiger partial charge is 0.201 e. The van der Waals surface area contributed by atoms with E-state index in [-0.39, 0.29) is 5.70 Å². The Morgan fingerprint density at radius 1 is 1.26 bits per heavy atom. The van der Waals surface area contributed by atoms with Gasteiger partial charge in [0.25, 0.3) is 0 Å². The molecule has 2 aromatic rings. The number of carbonyl (C=O) groups is 1. The summed E-state index contributed by atoms with van der Waals surface area (Å²) < 4.78 is 0.304. The molecule has 8 heteroatoms. The maximum atomic E-state index is 10.7. The molecule has 1 aromatic heterocycles. The number of aromatic nitrogens is 2. The molecule has 1 heterocycles. The first-order chi connectivity index (χ1) is 12.6. The standard InChI is InChI=1S/C14H13ClN4OS.C5H13N/c1-17-14-18-12(8-2-4-9(15)5-3-8)11(13(21)19-14)10(16)6-7-20;1-5(2,3)6-4/h2-7H,16H2,1H3,(H2,17,18,19,21);6H,1-4H3/b10-6-;. The van der Waals surface area contributed by atoms with Crippen molar-refractivity contribution in [1.82, 2.24) is 15.3 Å². The topological polar surface area (TPSA) is 95.8 Å². The van der Waals surface area contributed by atoms with E-state index in [1.807, 2.05) is 19.2 Å². The quantitative estimate of drug-likeness (QED) is 0.347. The number of H-pyrrole nitrogens is 1. The van der Waals surface area contributed by atoms with Crippen molar-refractivity contribution in [3.05, 3.63) is 45.6 Å². The van der Waals surface area contributed by atoms with Crippen LogP contribution in [-0.4, -0.2) is 35.9 Å². The summed E-state index contributed by atoms with van der Waals surface area (Å²) in [4.78, 5) is 18.0. The van der Waals surface area contributed by atoms with E-state index in [1.165, 1.54) is 6.08 Å². The van der Waals surface area contributed by atoms with Crippen molar-refractivity contribution in [2.24, 2.45) is 5.73 Å². The third kappa shape index (κ3) is 7.13. The molecular weight excluding hydrogens is 382 g/mol. The number of anilines is 1. The van der Waals surface area contributed by atoms with Gasteiger partial charge in [0.1, 0.15) is 10.9 Å². The van der Waals surface area contributed by atoms with E-state index in [0.717, 1.165) is 5.56 Å². The summed E-state index contributed by atoms with van der Waals surface area (Å²) in [5.41, 5.74) is 8.49. The first-order valence-electron chi connectivity index (χ1n) is 8.31. The Morgan fingerprint density at radius 2 is 1.81 bits per heavy atom. The zero-order valence-corrected chi connectivity index (χ0v) is 17.8. The molecule has 6 nitrogen and oxygen atoms in total. The molecule has 0 saturated heterocycles. The van der Waals surface area contributed by atoms with Gasteiger partial charge >= 0.3 is 0 Å². The fraction of sp³-hybridized carbons (Fsp3) is 0.316. The van der Waals surface area contributed by atoms with Gasteiger partial charge in [-0.2, -0.15) is 0 Å². The Balaban J connectivity index is 0.000000527. The highest BCUT2D eigenvalue weighted by Gasteiger charge is 2.13. The average molecular weight is 408 g/mol. The number of rotatable bonds is 4. The number of halogens is 1. The Hall–Kier alpha value is -2.22. The lowest BCUT2D eigenvalue weighted by molar-refractivity contribution is -0.104. The predicted molar refractivity (Wildman–Crippen MR) is 116 cm³/mol. The molecule has 0 aliphatic carbocycles. The highest BCUT2D eigenvalue weighted by atomic mass is 35.5. The van der Waals surface area contributed by atoms with Gasteiger partial charge in [-0.15, -0.1) is 0 Å². The SMILES string of the molecule is CNC(C)(C)C.CNc1nc(=S)c(/C(N)=C/C=O)c(-c2ccc(Cl)cc2)[nH]1. The summed E-state index contributed by atoms with van der Waals surface area (Å²) in [6, 6.07) is 7.19. The van der Waals surface area contributed by atoms with Crippen molar-refractivity contribution in [1.29, 1.82) is 0 Å². The molecule has 0 atom stereocenters. The van der Waals surface area contributed by atoms with Crippen molar-refractivity contribution in [2.45, 2.75) is 26.3 Å². The summed E-state index contributed by atoms with van der Waals surface area (Å²) >= 11 is 11.2. The lowest BCUT2D eigenvalue weighted by atomic mass is 10.0. The van der Waals surface area contributed by atoms with Gasteiger partial charge in [0.05, 0.1) is 11.3 Å². The van der Waals surface area contributed by atoms with Crippen LogP contribution in [-0.2, 0) is 4.79 Å². The number of hydrogen-bond donors (Lipinski definition) is 4. The van der Waals surface area contributed by atoms with E-state index in [2.05, 4.69) is 41.4 Å². The molecule has 0 saturated carbocycles. The van der Waals surface area contributed by atoms with Crippen LogP contribution in [0.5, 0.6) is 0 Å². The first-order valence-corrected chi connectivity index (χ1v) is 9.09. The number of nitrogens with two attached hydrogens (primary N) is 1. The first kappa shape index (κ1) is 22.8. The minimum absolute atomic E-state index is 0.256. The zero-order chi connectivity index (χ0) is 20.6. The van der Waals surface area contributed by atoms with E-state index < -0.39 is 0 Å². The van der Waals surface area contributed by atoms with Gasteiger partial charge in [0.15, 0.2) is 0 Å². The Morgan fingerprint density at radius 3 is 2.26 bits per heavy atom. The number of allylic oxidation sites excluding steroid dienone is 1. The lowest BCUT2D eigenvalue weighted by Crippen LogP contribution is -2.31. The lowest BCUT2D eigenvalue weighted by Gasteiger charge is -2.15. The minimum Gasteiger partial charge on any atom is -0.398 e. The third-order valence-electron chi connectivity index (χ3n) is 3.58. The van der Waals surface area contributed by atoms with Crippen LogP contribution < -0.4 is 16.4 Å². The molecule has 27 heavy (non-hydrogen) atoms. The van der Waals surface area contributed by atoms with Crippen molar-refractivity contribution in [3.8, 4) is 11.3 Å². The molecule has 0 aliphatic heterocycles. The van der Waals surface area contributed by atoms with Gasteiger partial charge in [-0.3, -0.25) is 4.79 Å². The van der Waals surface area contributed by atoms with E-state index >= 15 is 0 Å². The molecular formula is C19H26ClN5OS. The highest BCUT2D eigenvalue weighted by molar-refractivity contribution is 7.71. The van der Waals surface area contributed by atoms with Crippen LogP contribution in [0.4, 0.5) is 5.95 Å². The molecule has 1 aromatic carbocycles. The molecule has 0 fully saturated rings. The summed E-state index contributed by atoms with van der Waals surface area (Å²) in [6.07, 6.45) is 1.86. The van der Waals surface area contributed by atoms with Gasteiger partial charge in [-0.05, 0) is 45.5 Å². The fourth-order valence-corrected chi connectivity index (χ4v) is 2.29. The van der Waals surface area contributed by atoms with Crippen LogP contribution in [0.1, 0.15) is 26.3 Å². The third-order valence-corrected chi connectivity index (χ3v) is 4.12. The van der Waals surface area contributed by atoms with Crippen molar-refractivity contribution in [3.63, 3.8) is 0 Å². The molecule has 0 amide bonds. The normalized spacial score (nSPS) is 11.4. The molecule has 0 radical (unpaired) electrons. The number of hydrogen-bond acceptors (Lipinski definition) is 6. The van der Waals surface area contributed by atoms with Crippen LogP contribution in [0.25, 0.3) is 17.0 Å². The van der Waals surface area contributed by atoms with Gasteiger partial charge in [-0.1, -0.05) is 36.0 Å². The van der Waals surface area contributed by atoms with E-state index in [1.54, 1.807) is 19.2 Å². The van der Waals surface area contributed by atoms with Crippen LogP contribution in [0.3, 0.4) is 0 Å². The Labute approximate surface area is 170 Å². The average Bonchev–Trinajstić information content (AvgIpc) is 2.61. The Kier molecular flexibility index (Phi) is 8.62. The second-order valence-electron chi connectivity index (χ2n) is 6.66. The molecule has 146 valence electrons. The second-order valence-corrected chi connectivity index (χ2v) is 7.48. The zero-order valence-electron chi connectivity index (χ0n) is 16.2. The minimum atomic E-state index is 0.256. The van der Waals surface area contributed by atoms with Crippen molar-refractivity contribution < 1.29 is 4.79 Å². The largest absolute Gasteiger partial charge is 0.398 e. The Bertz CT molecular complexity index is 854. The summed E-state index contributed by atoms with van der Waals surface area (Å²) in [5, 5.41) is 6.63. The molecule has 2 rings (SSSR count). The summed E-state index contributed by atoms with van der Waals surface area (Å²) in [7, 11) is 3.68. The van der Waals surface area contributed by atoms with Gasteiger partial charge < -0.3 is 21.4 Å². The monoisotopic (exact) mass is 407 g/mol. The molecule has 5 N–H and O–H groups in total. The van der Waals surface area contributed by atoms with E-state index in [4.69, 9.17) is 29.6 Å². The number of carbonyl (C=O) groups excluding carboxylic acids is 1. The van der Waals surface area contributed by atoms with E-state index in [9.17, 15) is 4.79 Å². The number of nitrogens with one attached hydrogen (secondary N) is 3. The number of nitrogens with zero attached hydrogens (tertiary/aromatic N) is 1. The predicted octanol–water partition coefficient (Wildman–Crippen LogP) is 4.00. The van der Waals surface area contributed by atoms with Crippen LogP contribution >= 0.6 is 23.8 Å². The number of aldehydes is 1. The van der Waals surface area contributed by atoms with Gasteiger partial charge in [-0.25, -0.2) is 4.98 Å². The van der Waals surface area contributed by atoms with Crippen molar-refractivity contribution >= 4 is 41.8 Å². The van der Waals surface area contributed by atoms with Gasteiger partial charge in [0.2, 0.25) is 5.95 Å². The number of benzene rings is 1. The highest BCUT2D eigenvalue weighted by Crippen LogP contribution is 2.27. The van der Waals surface area contributed by atoms with Crippen molar-refractivity contribution in [2.75, 3.05) is 19.4 Å². The number of aromatic amines is 1. The fourth-order valence-electron chi connectivity index (χ4n) is 1.85. The summed E-state index contributed by atoms with van der Waals surface area (Å²) in [6.45, 7) is 6.40. The van der Waals surface area contributed by atoms with E-state index in [0.29, 0.717) is 38.7 Å². The molecule has 0 spiro atoms. The second kappa shape index (κ2) is 10.2. The molecule has 0 bridgehead atoms.